The Morgan fingerprint density at radius 3 is 2.29 bits per heavy atom. The third kappa shape index (κ3) is 4.98. The van der Waals surface area contributed by atoms with Crippen LogP contribution < -0.4 is 5.56 Å². The number of hydrogen-bond donors (Lipinski definition) is 2. The number of hydrogen-bond acceptors (Lipinski definition) is 13. The summed E-state index contributed by atoms with van der Waals surface area (Å²) in [7, 11) is -10.2. The molecule has 0 amide bonds. The third-order valence-electron chi connectivity index (χ3n) is 7.93. The van der Waals surface area contributed by atoms with E-state index in [1.165, 1.54) is 15.5 Å². The molecule has 2 aromatic rings. The molecule has 10 atom stereocenters. The molecule has 6 aliphatic rings. The second-order valence-electron chi connectivity index (χ2n) is 11.7. The van der Waals surface area contributed by atoms with Crippen LogP contribution in [0.4, 0.5) is 0 Å². The van der Waals surface area contributed by atoms with Crippen LogP contribution in [0.2, 0.25) is 0 Å². The first-order valence-electron chi connectivity index (χ1n) is 13.2. The van der Waals surface area contributed by atoms with E-state index in [-0.39, 0.29) is 22.3 Å². The zero-order chi connectivity index (χ0) is 30.0. The summed E-state index contributed by atoms with van der Waals surface area (Å²) in [6, 6.07) is -0.604. The predicted molar refractivity (Wildman–Crippen MR) is 141 cm³/mol. The van der Waals surface area contributed by atoms with E-state index in [1.54, 1.807) is 27.7 Å². The van der Waals surface area contributed by atoms with Gasteiger partial charge < -0.3 is 33.5 Å². The Morgan fingerprint density at radius 2 is 1.57 bits per heavy atom. The van der Waals surface area contributed by atoms with Gasteiger partial charge in [-0.1, -0.05) is 0 Å². The minimum absolute atomic E-state index is 0.0473. The van der Waals surface area contributed by atoms with E-state index >= 15 is 0 Å². The Bertz CT molecular complexity index is 1600. The summed E-state index contributed by atoms with van der Waals surface area (Å²) in [5.74, 6) is -2.64. The van der Waals surface area contributed by atoms with Gasteiger partial charge in [0.2, 0.25) is 0 Å². The van der Waals surface area contributed by atoms with Crippen molar-refractivity contribution in [2.45, 2.75) is 88.5 Å². The Hall–Kier alpha value is -1.11. The monoisotopic (exact) mass is 698 g/mol. The van der Waals surface area contributed by atoms with Gasteiger partial charge in [0.15, 0.2) is 33.7 Å². The Balaban J connectivity index is 1.35. The summed E-state index contributed by atoms with van der Waals surface area (Å²) >= 11 is 3.42. The van der Waals surface area contributed by atoms with Crippen LogP contribution in [0.15, 0.2) is 15.9 Å². The van der Waals surface area contributed by atoms with Crippen LogP contribution in [-0.2, 0) is 46.2 Å². The van der Waals surface area contributed by atoms with E-state index in [2.05, 4.69) is 30.2 Å². The number of aromatic nitrogens is 4. The number of ether oxygens (including phenoxy) is 5. The fourth-order valence-corrected chi connectivity index (χ4v) is 9.13. The summed E-state index contributed by atoms with van der Waals surface area (Å²) in [5, 5.41) is 0. The van der Waals surface area contributed by atoms with Crippen molar-refractivity contribution in [3.05, 3.63) is 21.4 Å². The molecule has 20 heteroatoms. The van der Waals surface area contributed by atoms with Crippen molar-refractivity contribution in [3.8, 4) is 0 Å². The summed E-state index contributed by atoms with van der Waals surface area (Å²) in [6.07, 6.45) is -3.19. The normalized spacial score (nSPS) is 44.4. The number of nitrogens with zero attached hydrogens (tertiary/aromatic N) is 4. The van der Waals surface area contributed by atoms with Crippen molar-refractivity contribution in [2.75, 3.05) is 13.2 Å². The van der Waals surface area contributed by atoms with E-state index in [9.17, 15) is 23.7 Å². The molecule has 0 aromatic carbocycles. The molecule has 5 aliphatic heterocycles. The van der Waals surface area contributed by atoms with E-state index in [0.717, 1.165) is 0 Å². The van der Waals surface area contributed by atoms with Gasteiger partial charge in [0.25, 0.3) is 5.56 Å². The van der Waals surface area contributed by atoms with E-state index < -0.39 is 94.7 Å². The second-order valence-corrected chi connectivity index (χ2v) is 15.5. The van der Waals surface area contributed by atoms with Crippen molar-refractivity contribution >= 4 is 42.7 Å². The van der Waals surface area contributed by atoms with E-state index in [1.807, 2.05) is 0 Å². The largest absolute Gasteiger partial charge is 0.481 e. The van der Waals surface area contributed by atoms with Crippen LogP contribution in [0.5, 0.6) is 0 Å². The summed E-state index contributed by atoms with van der Waals surface area (Å²) in [5.41, 5.74) is -0.195. The summed E-state index contributed by atoms with van der Waals surface area (Å²) in [4.78, 5) is 43.5. The Kier molecular flexibility index (Phi) is 6.83. The van der Waals surface area contributed by atoms with Gasteiger partial charge in [0.05, 0.1) is 25.4 Å². The molecule has 2 unspecified atom stereocenters. The highest BCUT2D eigenvalue weighted by Crippen LogP contribution is 2.61. The number of halogens is 1. The van der Waals surface area contributed by atoms with Crippen LogP contribution in [-0.4, -0.2) is 84.2 Å². The van der Waals surface area contributed by atoms with Gasteiger partial charge in [-0.15, -0.1) is 0 Å². The molecule has 17 nitrogen and oxygen atoms in total. The molecule has 1 aliphatic carbocycles. The van der Waals surface area contributed by atoms with Crippen molar-refractivity contribution < 1.29 is 56.0 Å². The third-order valence-corrected chi connectivity index (χ3v) is 11.1. The SMILES string of the molecule is CC1(C)O[C@@H]2[C@H]3COP(=O)(O)OP(=O)(O)OC[C@H]4O[C@H]([C@@H]5OC(C)(C)O[C@@H]54)n4c(Br)nc5c(=O)n(cnc54)[C@H](C3)[C@@H]2O1. The molecule has 4 fully saturated rings. The van der Waals surface area contributed by atoms with Crippen LogP contribution in [0.3, 0.4) is 0 Å². The molecule has 8 rings (SSSR count). The Morgan fingerprint density at radius 1 is 0.952 bits per heavy atom. The number of rotatable bonds is 0. The summed E-state index contributed by atoms with van der Waals surface area (Å²) < 4.78 is 73.8. The highest BCUT2D eigenvalue weighted by Gasteiger charge is 2.58. The average Bonchev–Trinajstić information content (AvgIpc) is 3.61. The number of phosphoric acid groups is 2. The lowest BCUT2D eigenvalue weighted by Crippen LogP contribution is -2.34. The number of imidazole rings is 1. The second kappa shape index (κ2) is 9.69. The first kappa shape index (κ1) is 29.6. The van der Waals surface area contributed by atoms with Crippen molar-refractivity contribution in [3.63, 3.8) is 0 Å². The zero-order valence-electron chi connectivity index (χ0n) is 22.8. The molecule has 3 saturated heterocycles. The predicted octanol–water partition coefficient (Wildman–Crippen LogP) is 2.12. The van der Waals surface area contributed by atoms with E-state index in [0.29, 0.717) is 0 Å². The van der Waals surface area contributed by atoms with Crippen molar-refractivity contribution in [2.24, 2.45) is 5.92 Å². The van der Waals surface area contributed by atoms with Gasteiger partial charge in [0, 0.05) is 5.92 Å². The van der Waals surface area contributed by atoms with Crippen LogP contribution >= 0.6 is 31.6 Å². The standard InChI is InChI=1S/C22H29BrN4O13P2/c1-21(2)36-13-9-5-10(14(13)37-21)26-8-24-17-12(18(26)28)25-20(23)27(17)19-16-15(38-22(3,4)39-16)11(35-19)7-34-42(31,32)40-41(29,30)33-6-9/h8-11,13-16,19H,5-7H2,1-4H3,(H,29,30)(H,31,32)/t9-,10-,11-,13-,14+,15-,16-,19-/m1/s1. The smallest absolute Gasteiger partial charge is 0.347 e. The van der Waals surface area contributed by atoms with Gasteiger partial charge in [-0.2, -0.15) is 4.31 Å². The molecule has 0 radical (unpaired) electrons. The molecule has 2 N–H and O–H groups in total. The van der Waals surface area contributed by atoms with Crippen LogP contribution in [0.25, 0.3) is 11.2 Å². The maximum atomic E-state index is 13.9. The van der Waals surface area contributed by atoms with E-state index in [4.69, 9.17) is 32.7 Å². The number of fused-ring (bicyclic) bond motifs is 9. The van der Waals surface area contributed by atoms with Gasteiger partial charge >= 0.3 is 15.6 Å². The summed E-state index contributed by atoms with van der Waals surface area (Å²) in [6.45, 7) is 5.80. The minimum atomic E-state index is -5.13. The van der Waals surface area contributed by atoms with Gasteiger partial charge in [-0.3, -0.25) is 23.0 Å². The Labute approximate surface area is 246 Å². The number of phosphoric ester groups is 2. The highest BCUT2D eigenvalue weighted by atomic mass is 79.9. The van der Waals surface area contributed by atoms with Gasteiger partial charge in [-0.25, -0.2) is 19.1 Å². The lowest BCUT2D eigenvalue weighted by Gasteiger charge is -2.26. The maximum absolute atomic E-state index is 13.9. The zero-order valence-corrected chi connectivity index (χ0v) is 26.1. The quantitative estimate of drug-likeness (QED) is 0.299. The first-order valence-corrected chi connectivity index (χ1v) is 17.0. The van der Waals surface area contributed by atoms with Gasteiger partial charge in [0.1, 0.15) is 30.7 Å². The van der Waals surface area contributed by atoms with Crippen molar-refractivity contribution in [1.29, 1.82) is 0 Å². The van der Waals surface area contributed by atoms with Gasteiger partial charge in [-0.05, 0) is 50.0 Å². The molecule has 2 aromatic heterocycles. The molecule has 1 saturated carbocycles. The molecular formula is C22H29BrN4O13P2. The lowest BCUT2D eigenvalue weighted by atomic mass is 10.1. The molecule has 232 valence electrons. The minimum Gasteiger partial charge on any atom is -0.347 e. The van der Waals surface area contributed by atoms with Crippen LogP contribution in [0, 0.1) is 5.92 Å². The molecule has 42 heavy (non-hydrogen) atoms. The molecule has 7 heterocycles. The molecule has 0 spiro atoms. The lowest BCUT2D eigenvalue weighted by molar-refractivity contribution is -0.199. The fourth-order valence-electron chi connectivity index (χ4n) is 6.45. The van der Waals surface area contributed by atoms with Crippen molar-refractivity contribution in [1.82, 2.24) is 19.1 Å². The highest BCUT2D eigenvalue weighted by molar-refractivity contribution is 9.10. The average molecular weight is 699 g/mol. The topological polar surface area (TPSA) is 201 Å². The maximum Gasteiger partial charge on any atom is 0.481 e. The molecule has 8 bridgehead atoms. The first-order chi connectivity index (χ1) is 19.5. The molecular weight excluding hydrogens is 670 g/mol. The fraction of sp³-hybridized carbons (Fsp3) is 0.773. The van der Waals surface area contributed by atoms with Crippen LogP contribution in [0.1, 0.15) is 46.4 Å².